The van der Waals surface area contributed by atoms with Crippen LogP contribution >= 0.6 is 0 Å². The minimum absolute atomic E-state index is 0.0149. The first-order valence-electron chi connectivity index (χ1n) is 8.62. The van der Waals surface area contributed by atoms with Crippen LogP contribution in [0.5, 0.6) is 0 Å². The number of hydrogen-bond donors (Lipinski definition) is 1. The van der Waals surface area contributed by atoms with E-state index in [9.17, 15) is 4.79 Å². The van der Waals surface area contributed by atoms with E-state index in [4.69, 9.17) is 4.74 Å². The van der Waals surface area contributed by atoms with E-state index >= 15 is 0 Å². The Labute approximate surface area is 146 Å². The van der Waals surface area contributed by atoms with Gasteiger partial charge in [-0.05, 0) is 30.4 Å². The molecular formula is C19H22N4O2. The lowest BCUT2D eigenvalue weighted by Gasteiger charge is -2.30. The van der Waals surface area contributed by atoms with Gasteiger partial charge in [-0.1, -0.05) is 18.2 Å². The van der Waals surface area contributed by atoms with Gasteiger partial charge in [-0.15, -0.1) is 0 Å². The molecule has 6 heteroatoms. The molecule has 3 heterocycles. The number of benzene rings is 1. The number of para-hydroxylation sites is 1. The molecule has 0 unspecified atom stereocenters. The van der Waals surface area contributed by atoms with Crippen LogP contribution in [0.15, 0.2) is 49.1 Å². The molecule has 1 fully saturated rings. The van der Waals surface area contributed by atoms with Crippen molar-refractivity contribution in [1.82, 2.24) is 19.4 Å². The normalized spacial score (nSPS) is 20.7. The summed E-state index contributed by atoms with van der Waals surface area (Å²) in [6, 6.07) is 10.3. The van der Waals surface area contributed by atoms with Crippen LogP contribution in [0.3, 0.4) is 0 Å². The number of nitrogens with zero attached hydrogens (tertiary/aromatic N) is 3. The Morgan fingerprint density at radius 3 is 3.08 bits per heavy atom. The lowest BCUT2D eigenvalue weighted by Crippen LogP contribution is -2.41. The van der Waals surface area contributed by atoms with Gasteiger partial charge in [0.05, 0.1) is 18.2 Å². The lowest BCUT2D eigenvalue weighted by atomic mass is 10.0. The molecule has 0 saturated carbocycles. The first-order valence-corrected chi connectivity index (χ1v) is 8.62. The zero-order chi connectivity index (χ0) is 17.2. The van der Waals surface area contributed by atoms with Gasteiger partial charge in [0.1, 0.15) is 12.6 Å². The van der Waals surface area contributed by atoms with Gasteiger partial charge in [0, 0.05) is 31.4 Å². The van der Waals surface area contributed by atoms with Crippen molar-refractivity contribution in [3.63, 3.8) is 0 Å². The number of amides is 1. The Bertz CT molecular complexity index is 882. The fourth-order valence-electron chi connectivity index (χ4n) is 3.52. The molecule has 0 aliphatic carbocycles. The largest absolute Gasteiger partial charge is 0.372 e. The number of fused-ring (bicyclic) bond motifs is 1. The highest BCUT2D eigenvalue weighted by Crippen LogP contribution is 2.27. The molecule has 1 N–H and O–H groups in total. The van der Waals surface area contributed by atoms with E-state index in [1.165, 1.54) is 0 Å². The number of hydrogen-bond acceptors (Lipinski definition) is 3. The molecule has 1 saturated heterocycles. The maximum Gasteiger partial charge on any atom is 0.240 e. The Morgan fingerprint density at radius 1 is 1.36 bits per heavy atom. The smallest absolute Gasteiger partial charge is 0.240 e. The molecule has 1 aliphatic rings. The van der Waals surface area contributed by atoms with Crippen LogP contribution in [0.25, 0.3) is 10.9 Å². The second kappa shape index (κ2) is 6.72. The van der Waals surface area contributed by atoms with Crippen LogP contribution in [0.4, 0.5) is 0 Å². The van der Waals surface area contributed by atoms with E-state index in [2.05, 4.69) is 16.4 Å². The number of rotatable bonds is 4. The topological polar surface area (TPSA) is 61.1 Å². The predicted octanol–water partition coefficient (Wildman–Crippen LogP) is 2.41. The first kappa shape index (κ1) is 15.9. The van der Waals surface area contributed by atoms with Crippen molar-refractivity contribution in [1.29, 1.82) is 0 Å². The highest BCUT2D eigenvalue weighted by atomic mass is 16.5. The average Bonchev–Trinajstić information content (AvgIpc) is 3.22. The van der Waals surface area contributed by atoms with Crippen molar-refractivity contribution in [2.75, 3.05) is 6.61 Å². The molecule has 25 heavy (non-hydrogen) atoms. The third-order valence-electron chi connectivity index (χ3n) is 4.83. The molecule has 1 aliphatic heterocycles. The van der Waals surface area contributed by atoms with E-state index in [0.717, 1.165) is 29.4 Å². The van der Waals surface area contributed by atoms with Gasteiger partial charge >= 0.3 is 0 Å². The van der Waals surface area contributed by atoms with Crippen LogP contribution in [-0.4, -0.2) is 32.7 Å². The highest BCUT2D eigenvalue weighted by molar-refractivity contribution is 5.83. The number of carbonyl (C=O) groups is 1. The number of imidazole rings is 1. The molecule has 0 bridgehead atoms. The summed E-state index contributed by atoms with van der Waals surface area (Å²) in [6.45, 7) is 0.981. The summed E-state index contributed by atoms with van der Waals surface area (Å²) in [6.07, 6.45) is 7.18. The molecule has 4 rings (SSSR count). The first-order chi connectivity index (χ1) is 12.2. The van der Waals surface area contributed by atoms with Gasteiger partial charge in [-0.3, -0.25) is 4.79 Å². The van der Waals surface area contributed by atoms with Crippen LogP contribution < -0.4 is 5.32 Å². The van der Waals surface area contributed by atoms with Gasteiger partial charge in [0.25, 0.3) is 0 Å². The van der Waals surface area contributed by atoms with Gasteiger partial charge in [0.2, 0.25) is 5.91 Å². The van der Waals surface area contributed by atoms with Crippen molar-refractivity contribution in [3.8, 4) is 0 Å². The van der Waals surface area contributed by atoms with Gasteiger partial charge in [0.15, 0.2) is 0 Å². The number of carbonyl (C=O) groups excluding carboxylic acids is 1. The average molecular weight is 338 g/mol. The van der Waals surface area contributed by atoms with Crippen LogP contribution in [0.2, 0.25) is 0 Å². The summed E-state index contributed by atoms with van der Waals surface area (Å²) in [5.41, 5.74) is 2.13. The SMILES string of the molecule is Cn1cncc1[C@@H]1C[C@H](NC(=O)Cn2ccc3ccccc32)CCO1. The molecule has 0 radical (unpaired) electrons. The summed E-state index contributed by atoms with van der Waals surface area (Å²) in [5.74, 6) is 0.0389. The monoisotopic (exact) mass is 338 g/mol. The fraction of sp³-hybridized carbons (Fsp3) is 0.368. The van der Waals surface area contributed by atoms with E-state index in [0.29, 0.717) is 13.2 Å². The Kier molecular flexibility index (Phi) is 4.28. The van der Waals surface area contributed by atoms with Crippen molar-refractivity contribution in [2.45, 2.75) is 31.5 Å². The molecule has 3 aromatic rings. The molecule has 0 spiro atoms. The van der Waals surface area contributed by atoms with E-state index in [1.807, 2.05) is 52.8 Å². The molecule has 130 valence electrons. The van der Waals surface area contributed by atoms with Gasteiger partial charge < -0.3 is 19.2 Å². The third kappa shape index (κ3) is 3.30. The highest BCUT2D eigenvalue weighted by Gasteiger charge is 2.26. The molecule has 6 nitrogen and oxygen atoms in total. The number of aromatic nitrogens is 3. The summed E-state index contributed by atoms with van der Waals surface area (Å²) < 4.78 is 9.82. The maximum absolute atomic E-state index is 12.5. The van der Waals surface area contributed by atoms with Crippen molar-refractivity contribution in [3.05, 3.63) is 54.7 Å². The lowest BCUT2D eigenvalue weighted by molar-refractivity contribution is -0.123. The predicted molar refractivity (Wildman–Crippen MR) is 95.0 cm³/mol. The molecule has 1 amide bonds. The van der Waals surface area contributed by atoms with E-state index < -0.39 is 0 Å². The molecule has 1 aromatic carbocycles. The zero-order valence-corrected chi connectivity index (χ0v) is 14.3. The van der Waals surface area contributed by atoms with Crippen LogP contribution in [0, 0.1) is 0 Å². The Morgan fingerprint density at radius 2 is 2.24 bits per heavy atom. The van der Waals surface area contributed by atoms with E-state index in [-0.39, 0.29) is 18.1 Å². The summed E-state index contributed by atoms with van der Waals surface area (Å²) in [5, 5.41) is 4.31. The van der Waals surface area contributed by atoms with Gasteiger partial charge in [-0.2, -0.15) is 0 Å². The Hall–Kier alpha value is -2.60. The maximum atomic E-state index is 12.5. The quantitative estimate of drug-likeness (QED) is 0.795. The minimum atomic E-state index is -0.0149. The molecule has 2 atom stereocenters. The summed E-state index contributed by atoms with van der Waals surface area (Å²) in [4.78, 5) is 16.6. The molecule has 2 aromatic heterocycles. The fourth-order valence-corrected chi connectivity index (χ4v) is 3.52. The van der Waals surface area contributed by atoms with E-state index in [1.54, 1.807) is 6.33 Å². The summed E-state index contributed by atoms with van der Waals surface area (Å²) in [7, 11) is 1.96. The van der Waals surface area contributed by atoms with Crippen LogP contribution in [-0.2, 0) is 23.1 Å². The van der Waals surface area contributed by atoms with Crippen LogP contribution in [0.1, 0.15) is 24.6 Å². The van der Waals surface area contributed by atoms with Crippen molar-refractivity contribution < 1.29 is 9.53 Å². The second-order valence-corrected chi connectivity index (χ2v) is 6.58. The number of ether oxygens (including phenoxy) is 1. The summed E-state index contributed by atoms with van der Waals surface area (Å²) >= 11 is 0. The van der Waals surface area contributed by atoms with Gasteiger partial charge in [-0.25, -0.2) is 4.98 Å². The van der Waals surface area contributed by atoms with Crippen molar-refractivity contribution >= 4 is 16.8 Å². The third-order valence-corrected chi connectivity index (χ3v) is 4.83. The number of aryl methyl sites for hydroxylation is 1. The Balaban J connectivity index is 1.40. The second-order valence-electron chi connectivity index (χ2n) is 6.58. The zero-order valence-electron chi connectivity index (χ0n) is 14.3. The van der Waals surface area contributed by atoms with Crippen molar-refractivity contribution in [2.24, 2.45) is 7.05 Å². The number of nitrogens with one attached hydrogen (secondary N) is 1. The minimum Gasteiger partial charge on any atom is -0.372 e. The molecular weight excluding hydrogens is 316 g/mol. The standard InChI is InChI=1S/C19H22N4O2/c1-22-13-20-11-17(22)18-10-15(7-9-25-18)21-19(24)12-23-8-6-14-4-2-3-5-16(14)23/h2-6,8,11,13,15,18H,7,9-10,12H2,1H3,(H,21,24)/t15-,18+/m1/s1.